The molecule has 1 amide bonds. The third kappa shape index (κ3) is 9.41. The highest BCUT2D eigenvalue weighted by Crippen LogP contribution is 2.25. The van der Waals surface area contributed by atoms with E-state index in [1.165, 1.54) is 11.3 Å². The van der Waals surface area contributed by atoms with Crippen LogP contribution in [0.5, 0.6) is 0 Å². The highest BCUT2D eigenvalue weighted by molar-refractivity contribution is 14.0. The standard InChI is InChI=1S/C17H30N4O2S.HI/c1-5-13(3)21-15(22)9-10-19-16(18-6-2)20-12-17(4,23)14-8-7-11-24-14;/h7-8,11,13,23H,5-6,9-10,12H2,1-4H3,(H,21,22)(H2,18,19,20);1H. The van der Waals surface area contributed by atoms with Crippen LogP contribution >= 0.6 is 35.3 Å². The average Bonchev–Trinajstić information content (AvgIpc) is 3.07. The summed E-state index contributed by atoms with van der Waals surface area (Å²) in [4.78, 5) is 17.1. The van der Waals surface area contributed by atoms with Gasteiger partial charge in [0.1, 0.15) is 5.60 Å². The molecule has 2 atom stereocenters. The lowest BCUT2D eigenvalue weighted by atomic mass is 10.1. The molecule has 0 radical (unpaired) electrons. The molecule has 0 saturated heterocycles. The van der Waals surface area contributed by atoms with Crippen molar-refractivity contribution < 1.29 is 9.90 Å². The van der Waals surface area contributed by atoms with Gasteiger partial charge in [0.25, 0.3) is 0 Å². The zero-order chi connectivity index (χ0) is 18.0. The Morgan fingerprint density at radius 3 is 2.68 bits per heavy atom. The second-order valence-electron chi connectivity index (χ2n) is 6.00. The second-order valence-corrected chi connectivity index (χ2v) is 6.95. The molecule has 0 aliphatic carbocycles. The number of thiophene rings is 1. The molecular formula is C17H31IN4O2S. The number of guanidine groups is 1. The third-order valence-corrected chi connectivity index (χ3v) is 4.73. The van der Waals surface area contributed by atoms with Crippen molar-refractivity contribution in [2.45, 2.75) is 52.2 Å². The maximum atomic E-state index is 11.8. The van der Waals surface area contributed by atoms with Gasteiger partial charge in [-0.1, -0.05) is 13.0 Å². The second kappa shape index (κ2) is 12.5. The molecule has 6 nitrogen and oxygen atoms in total. The molecule has 0 saturated carbocycles. The maximum absolute atomic E-state index is 11.8. The third-order valence-electron chi connectivity index (χ3n) is 3.61. The molecule has 1 rings (SSSR count). The monoisotopic (exact) mass is 482 g/mol. The van der Waals surface area contributed by atoms with E-state index in [2.05, 4.69) is 20.9 Å². The Hall–Kier alpha value is -0.870. The SMILES string of the molecule is CCNC(=NCC(C)(O)c1cccs1)NCCC(=O)NC(C)CC.I. The molecule has 0 fully saturated rings. The summed E-state index contributed by atoms with van der Waals surface area (Å²) in [7, 11) is 0. The summed E-state index contributed by atoms with van der Waals surface area (Å²) in [6, 6.07) is 4.01. The van der Waals surface area contributed by atoms with Crippen LogP contribution in [0, 0.1) is 0 Å². The quantitative estimate of drug-likeness (QED) is 0.248. The van der Waals surface area contributed by atoms with Crippen molar-refractivity contribution in [1.82, 2.24) is 16.0 Å². The van der Waals surface area contributed by atoms with Gasteiger partial charge in [0, 0.05) is 30.4 Å². The summed E-state index contributed by atoms with van der Waals surface area (Å²) in [6.45, 7) is 9.22. The van der Waals surface area contributed by atoms with Crippen LogP contribution in [0.25, 0.3) is 0 Å². The van der Waals surface area contributed by atoms with Gasteiger partial charge in [0.2, 0.25) is 5.91 Å². The Bertz CT molecular complexity index is 521. The van der Waals surface area contributed by atoms with Crippen LogP contribution in [0.1, 0.15) is 45.4 Å². The molecule has 1 heterocycles. The van der Waals surface area contributed by atoms with Gasteiger partial charge in [-0.25, -0.2) is 4.99 Å². The Labute approximate surface area is 171 Å². The van der Waals surface area contributed by atoms with E-state index < -0.39 is 5.60 Å². The largest absolute Gasteiger partial charge is 0.383 e. The van der Waals surface area contributed by atoms with Crippen LogP contribution in [-0.2, 0) is 10.4 Å². The smallest absolute Gasteiger partial charge is 0.221 e. The zero-order valence-corrected chi connectivity index (χ0v) is 18.6. The summed E-state index contributed by atoms with van der Waals surface area (Å²) < 4.78 is 0. The number of nitrogens with one attached hydrogen (secondary N) is 3. The summed E-state index contributed by atoms with van der Waals surface area (Å²) in [5, 5.41) is 21.6. The van der Waals surface area contributed by atoms with Crippen molar-refractivity contribution in [2.24, 2.45) is 4.99 Å². The minimum atomic E-state index is -0.996. The molecular weight excluding hydrogens is 451 g/mol. The van der Waals surface area contributed by atoms with Crippen molar-refractivity contribution in [3.05, 3.63) is 22.4 Å². The summed E-state index contributed by atoms with van der Waals surface area (Å²) >= 11 is 1.51. The first-order chi connectivity index (χ1) is 11.4. The lowest BCUT2D eigenvalue weighted by Crippen LogP contribution is -2.41. The molecule has 0 bridgehead atoms. The molecule has 0 aliphatic rings. The van der Waals surface area contributed by atoms with Crippen LogP contribution in [0.4, 0.5) is 0 Å². The fraction of sp³-hybridized carbons (Fsp3) is 0.647. The average molecular weight is 482 g/mol. The highest BCUT2D eigenvalue weighted by Gasteiger charge is 2.23. The van der Waals surface area contributed by atoms with E-state index in [4.69, 9.17) is 0 Å². The van der Waals surface area contributed by atoms with Gasteiger partial charge in [-0.3, -0.25) is 4.79 Å². The topological polar surface area (TPSA) is 85.8 Å². The fourth-order valence-corrected chi connectivity index (χ4v) is 2.76. The molecule has 0 aromatic carbocycles. The van der Waals surface area contributed by atoms with Gasteiger partial charge < -0.3 is 21.1 Å². The molecule has 8 heteroatoms. The summed E-state index contributed by atoms with van der Waals surface area (Å²) in [6.07, 6.45) is 1.30. The number of hydrogen-bond acceptors (Lipinski definition) is 4. The summed E-state index contributed by atoms with van der Waals surface area (Å²) in [5.74, 6) is 0.629. The number of amides is 1. The Balaban J connectivity index is 0.00000576. The van der Waals surface area contributed by atoms with Gasteiger partial charge in [-0.15, -0.1) is 35.3 Å². The molecule has 1 aromatic rings. The Kier molecular flexibility index (Phi) is 12.0. The van der Waals surface area contributed by atoms with Gasteiger partial charge in [-0.05, 0) is 38.6 Å². The molecule has 1 aromatic heterocycles. The fourth-order valence-electron chi connectivity index (χ4n) is 1.98. The molecule has 0 aliphatic heterocycles. The van der Waals surface area contributed by atoms with Crippen LogP contribution in [0.15, 0.2) is 22.5 Å². The van der Waals surface area contributed by atoms with Crippen molar-refractivity contribution in [3.8, 4) is 0 Å². The van der Waals surface area contributed by atoms with E-state index in [0.29, 0.717) is 25.5 Å². The van der Waals surface area contributed by atoms with E-state index in [0.717, 1.165) is 11.3 Å². The normalized spacial score (nSPS) is 14.8. The zero-order valence-electron chi connectivity index (χ0n) is 15.5. The number of carbonyl (C=O) groups excluding carboxylic acids is 1. The number of hydrogen-bond donors (Lipinski definition) is 4. The number of rotatable bonds is 9. The first-order valence-corrected chi connectivity index (χ1v) is 9.35. The number of aliphatic imine (C=N–C) groups is 1. The van der Waals surface area contributed by atoms with E-state index in [9.17, 15) is 9.90 Å². The summed E-state index contributed by atoms with van der Waals surface area (Å²) in [5.41, 5.74) is -0.996. The number of carbonyl (C=O) groups is 1. The van der Waals surface area contributed by atoms with E-state index in [1.54, 1.807) is 6.92 Å². The van der Waals surface area contributed by atoms with Crippen molar-refractivity contribution in [2.75, 3.05) is 19.6 Å². The first kappa shape index (κ1) is 24.1. The Morgan fingerprint density at radius 1 is 1.40 bits per heavy atom. The van der Waals surface area contributed by atoms with E-state index >= 15 is 0 Å². The maximum Gasteiger partial charge on any atom is 0.221 e. The molecule has 2 unspecified atom stereocenters. The highest BCUT2D eigenvalue weighted by atomic mass is 127. The minimum absolute atomic E-state index is 0. The number of aliphatic hydroxyl groups is 1. The molecule has 25 heavy (non-hydrogen) atoms. The van der Waals surface area contributed by atoms with Crippen LogP contribution in [0.2, 0.25) is 0 Å². The van der Waals surface area contributed by atoms with Gasteiger partial charge in [0.05, 0.1) is 6.54 Å². The molecule has 4 N–H and O–H groups in total. The van der Waals surface area contributed by atoms with Gasteiger partial charge in [0.15, 0.2) is 5.96 Å². The van der Waals surface area contributed by atoms with Gasteiger partial charge in [-0.2, -0.15) is 0 Å². The van der Waals surface area contributed by atoms with Crippen LogP contribution in [-0.4, -0.2) is 42.6 Å². The molecule has 0 spiro atoms. The van der Waals surface area contributed by atoms with E-state index in [1.807, 2.05) is 38.3 Å². The Morgan fingerprint density at radius 2 is 2.12 bits per heavy atom. The van der Waals surface area contributed by atoms with Crippen LogP contribution in [0.3, 0.4) is 0 Å². The van der Waals surface area contributed by atoms with Crippen LogP contribution < -0.4 is 16.0 Å². The predicted octanol–water partition coefficient (Wildman–Crippen LogP) is 2.43. The first-order valence-electron chi connectivity index (χ1n) is 8.47. The predicted molar refractivity (Wildman–Crippen MR) is 116 cm³/mol. The van der Waals surface area contributed by atoms with Gasteiger partial charge >= 0.3 is 0 Å². The minimum Gasteiger partial charge on any atom is -0.383 e. The van der Waals surface area contributed by atoms with Crippen molar-refractivity contribution >= 4 is 47.2 Å². The lowest BCUT2D eigenvalue weighted by Gasteiger charge is -2.20. The lowest BCUT2D eigenvalue weighted by molar-refractivity contribution is -0.121. The number of nitrogens with zero attached hydrogens (tertiary/aromatic N) is 1. The van der Waals surface area contributed by atoms with Crippen molar-refractivity contribution in [1.29, 1.82) is 0 Å². The molecule has 144 valence electrons. The van der Waals surface area contributed by atoms with Crippen molar-refractivity contribution in [3.63, 3.8) is 0 Å². The number of halogens is 1. The van der Waals surface area contributed by atoms with E-state index in [-0.39, 0.29) is 42.5 Å².